The number of hydrogen-bond acceptors (Lipinski definition) is 2. The van der Waals surface area contributed by atoms with Crippen LogP contribution in [0.25, 0.3) is 0 Å². The predicted octanol–water partition coefficient (Wildman–Crippen LogP) is 3.69. The van der Waals surface area contributed by atoms with E-state index in [1.54, 1.807) is 0 Å². The van der Waals surface area contributed by atoms with Crippen LogP contribution in [0.4, 0.5) is 4.79 Å². The highest BCUT2D eigenvalue weighted by molar-refractivity contribution is 5.99. The molecule has 0 radical (unpaired) electrons. The second-order valence-corrected chi connectivity index (χ2v) is 6.13. The third-order valence-corrected chi connectivity index (χ3v) is 4.48. The Morgan fingerprint density at radius 3 is 2.33 bits per heavy atom. The number of benzene rings is 2. The van der Waals surface area contributed by atoms with E-state index in [1.165, 1.54) is 4.90 Å². The van der Waals surface area contributed by atoms with E-state index in [1.807, 2.05) is 67.6 Å². The van der Waals surface area contributed by atoms with E-state index in [0.29, 0.717) is 12.8 Å². The van der Waals surface area contributed by atoms with Crippen molar-refractivity contribution in [3.63, 3.8) is 0 Å². The number of β-lactam (4-membered cyclic amide) rings is 1. The molecule has 4 heteroatoms. The lowest BCUT2D eigenvalue weighted by Crippen LogP contribution is -2.59. The van der Waals surface area contributed by atoms with E-state index >= 15 is 0 Å². The summed E-state index contributed by atoms with van der Waals surface area (Å²) in [6.45, 7) is 2.03. The number of nitrogens with one attached hydrogen (secondary N) is 1. The average Bonchev–Trinajstić information content (AvgIpc) is 2.60. The van der Waals surface area contributed by atoms with Crippen LogP contribution in [-0.4, -0.2) is 22.9 Å². The van der Waals surface area contributed by atoms with Gasteiger partial charge in [-0.2, -0.15) is 0 Å². The van der Waals surface area contributed by atoms with Crippen LogP contribution in [-0.2, 0) is 11.2 Å². The Hall–Kier alpha value is -2.62. The molecule has 2 aromatic rings. The first-order chi connectivity index (χ1) is 11.7. The Labute approximate surface area is 142 Å². The van der Waals surface area contributed by atoms with Crippen molar-refractivity contribution in [3.05, 3.63) is 71.8 Å². The third-order valence-electron chi connectivity index (χ3n) is 4.48. The molecule has 0 aliphatic carbocycles. The molecule has 0 bridgehead atoms. The van der Waals surface area contributed by atoms with E-state index in [9.17, 15) is 9.59 Å². The van der Waals surface area contributed by atoms with Gasteiger partial charge in [0.05, 0.1) is 12.1 Å². The van der Waals surface area contributed by atoms with Gasteiger partial charge in [-0.15, -0.1) is 0 Å². The lowest BCUT2D eigenvalue weighted by molar-refractivity contribution is -0.140. The molecule has 3 amide bonds. The summed E-state index contributed by atoms with van der Waals surface area (Å²) in [5.41, 5.74) is 2.20. The second kappa shape index (κ2) is 7.30. The van der Waals surface area contributed by atoms with Crippen LogP contribution >= 0.6 is 0 Å². The number of carbonyl (C=O) groups is 2. The van der Waals surface area contributed by atoms with Crippen molar-refractivity contribution in [2.24, 2.45) is 0 Å². The molecule has 124 valence electrons. The number of imide groups is 1. The molecule has 1 aliphatic heterocycles. The fourth-order valence-electron chi connectivity index (χ4n) is 3.14. The second-order valence-electron chi connectivity index (χ2n) is 6.13. The highest BCUT2D eigenvalue weighted by atomic mass is 16.2. The van der Waals surface area contributed by atoms with Gasteiger partial charge in [-0.3, -0.25) is 9.69 Å². The van der Waals surface area contributed by atoms with Gasteiger partial charge in [0.2, 0.25) is 5.91 Å². The zero-order valence-electron chi connectivity index (χ0n) is 13.8. The van der Waals surface area contributed by atoms with Crippen LogP contribution in [0, 0.1) is 0 Å². The number of nitrogens with zero attached hydrogens (tertiary/aromatic N) is 1. The van der Waals surface area contributed by atoms with Crippen LogP contribution in [0.3, 0.4) is 0 Å². The Kier molecular flexibility index (Phi) is 4.94. The van der Waals surface area contributed by atoms with Gasteiger partial charge in [-0.1, -0.05) is 67.6 Å². The first-order valence-corrected chi connectivity index (χ1v) is 8.40. The van der Waals surface area contributed by atoms with Crippen molar-refractivity contribution in [3.8, 4) is 0 Å². The average molecular weight is 322 g/mol. The molecular weight excluding hydrogens is 300 g/mol. The van der Waals surface area contributed by atoms with Crippen LogP contribution < -0.4 is 5.32 Å². The molecule has 24 heavy (non-hydrogen) atoms. The lowest BCUT2D eigenvalue weighted by Gasteiger charge is -2.39. The quantitative estimate of drug-likeness (QED) is 0.854. The predicted molar refractivity (Wildman–Crippen MR) is 93.4 cm³/mol. The Morgan fingerprint density at radius 1 is 1.12 bits per heavy atom. The molecule has 2 aromatic carbocycles. The van der Waals surface area contributed by atoms with E-state index in [-0.39, 0.29) is 24.0 Å². The van der Waals surface area contributed by atoms with Crippen molar-refractivity contribution in [2.75, 3.05) is 0 Å². The van der Waals surface area contributed by atoms with Crippen molar-refractivity contribution < 1.29 is 9.59 Å². The number of hydrogen-bond donors (Lipinski definition) is 1. The zero-order valence-corrected chi connectivity index (χ0v) is 13.8. The smallest absolute Gasteiger partial charge is 0.324 e. The molecule has 1 N–H and O–H groups in total. The first-order valence-electron chi connectivity index (χ1n) is 8.40. The maximum atomic E-state index is 12.6. The Morgan fingerprint density at radius 2 is 1.75 bits per heavy atom. The Bertz CT molecular complexity index is 700. The van der Waals surface area contributed by atoms with Gasteiger partial charge in [-0.05, 0) is 24.0 Å². The van der Waals surface area contributed by atoms with E-state index < -0.39 is 0 Å². The van der Waals surface area contributed by atoms with Crippen molar-refractivity contribution >= 4 is 11.9 Å². The zero-order chi connectivity index (χ0) is 16.9. The summed E-state index contributed by atoms with van der Waals surface area (Å²) in [5, 5.41) is 3.00. The normalized spacial score (nSPS) is 18.0. The lowest BCUT2D eigenvalue weighted by atomic mass is 9.94. The SMILES string of the molecule is CC[C@@H](NC(=O)N1C(=O)C[C@@H]1Cc1ccccc1)c1ccccc1. The van der Waals surface area contributed by atoms with Gasteiger partial charge < -0.3 is 5.32 Å². The van der Waals surface area contributed by atoms with Gasteiger partial charge in [0, 0.05) is 6.42 Å². The molecular formula is C20H22N2O2. The third kappa shape index (κ3) is 3.48. The number of rotatable bonds is 5. The summed E-state index contributed by atoms with van der Waals surface area (Å²) in [5.74, 6) is -0.101. The van der Waals surface area contributed by atoms with E-state index in [4.69, 9.17) is 0 Å². The molecule has 3 rings (SSSR count). The standard InChI is InChI=1S/C20H22N2O2/c1-2-18(16-11-7-4-8-12-16)21-20(24)22-17(14-19(22)23)13-15-9-5-3-6-10-15/h3-12,17-18H,2,13-14H2,1H3,(H,21,24)/t17-,18+/m0/s1. The first kappa shape index (κ1) is 16.2. The van der Waals surface area contributed by atoms with Gasteiger partial charge in [0.15, 0.2) is 0 Å². The molecule has 1 aliphatic rings. The highest BCUT2D eigenvalue weighted by Gasteiger charge is 2.41. The molecule has 0 unspecified atom stereocenters. The number of likely N-dealkylation sites (tertiary alicyclic amines) is 1. The summed E-state index contributed by atoms with van der Waals surface area (Å²) < 4.78 is 0. The Balaban J connectivity index is 1.65. The topological polar surface area (TPSA) is 49.4 Å². The van der Waals surface area contributed by atoms with Gasteiger partial charge in [-0.25, -0.2) is 4.79 Å². The summed E-state index contributed by atoms with van der Waals surface area (Å²) in [6.07, 6.45) is 1.92. The summed E-state index contributed by atoms with van der Waals surface area (Å²) in [7, 11) is 0. The van der Waals surface area contributed by atoms with Gasteiger partial charge in [0.25, 0.3) is 0 Å². The largest absolute Gasteiger partial charge is 0.331 e. The van der Waals surface area contributed by atoms with Crippen LogP contribution in [0.15, 0.2) is 60.7 Å². The van der Waals surface area contributed by atoms with Gasteiger partial charge >= 0.3 is 6.03 Å². The fourth-order valence-corrected chi connectivity index (χ4v) is 3.14. The molecule has 0 spiro atoms. The maximum Gasteiger partial charge on any atom is 0.324 e. The van der Waals surface area contributed by atoms with Crippen molar-refractivity contribution in [1.82, 2.24) is 10.2 Å². The van der Waals surface area contributed by atoms with Crippen LogP contribution in [0.5, 0.6) is 0 Å². The minimum Gasteiger partial charge on any atom is -0.331 e. The van der Waals surface area contributed by atoms with Crippen molar-refractivity contribution in [2.45, 2.75) is 38.3 Å². The number of carbonyl (C=O) groups excluding carboxylic acids is 2. The van der Waals surface area contributed by atoms with Crippen LogP contribution in [0.2, 0.25) is 0 Å². The number of amides is 3. The molecule has 1 heterocycles. The molecule has 1 fully saturated rings. The summed E-state index contributed by atoms with van der Waals surface area (Å²) in [6, 6.07) is 19.4. The molecule has 0 saturated carbocycles. The summed E-state index contributed by atoms with van der Waals surface area (Å²) in [4.78, 5) is 25.9. The van der Waals surface area contributed by atoms with Crippen LogP contribution in [0.1, 0.15) is 36.9 Å². The molecule has 2 atom stereocenters. The molecule has 4 nitrogen and oxygen atoms in total. The van der Waals surface area contributed by atoms with E-state index in [0.717, 1.165) is 17.5 Å². The minimum absolute atomic E-state index is 0.0480. The summed E-state index contributed by atoms with van der Waals surface area (Å²) >= 11 is 0. The highest BCUT2D eigenvalue weighted by Crippen LogP contribution is 2.25. The minimum atomic E-state index is -0.289. The maximum absolute atomic E-state index is 12.6. The molecule has 0 aromatic heterocycles. The number of urea groups is 1. The fraction of sp³-hybridized carbons (Fsp3) is 0.300. The van der Waals surface area contributed by atoms with E-state index in [2.05, 4.69) is 5.32 Å². The van der Waals surface area contributed by atoms with Crippen molar-refractivity contribution in [1.29, 1.82) is 0 Å². The molecule has 1 saturated heterocycles. The van der Waals surface area contributed by atoms with Gasteiger partial charge in [0.1, 0.15) is 0 Å². The monoisotopic (exact) mass is 322 g/mol.